The highest BCUT2D eigenvalue weighted by Gasteiger charge is 2.27. The SMILES string of the molecule is C[C@@H]1CN(C(=O)c2ccc(-n3ncnc3[C@H](C)NC(=O)c3cc(Cl)cc(S(C)(=O)=O)c3)nc2)C[C@@H](C)O1. The molecule has 2 amide bonds. The summed E-state index contributed by atoms with van der Waals surface area (Å²) in [7, 11) is -3.55. The Bertz CT molecular complexity index is 1420. The van der Waals surface area contributed by atoms with Crippen molar-refractivity contribution >= 4 is 33.3 Å². The third-order valence-electron chi connectivity index (χ3n) is 5.79. The van der Waals surface area contributed by atoms with Crippen LogP contribution in [0.5, 0.6) is 0 Å². The van der Waals surface area contributed by atoms with Crippen molar-refractivity contribution in [3.8, 4) is 5.82 Å². The first-order chi connectivity index (χ1) is 17.4. The molecule has 3 aromatic rings. The molecule has 1 N–H and O–H groups in total. The van der Waals surface area contributed by atoms with Crippen LogP contribution in [0.2, 0.25) is 5.02 Å². The van der Waals surface area contributed by atoms with Crippen LogP contribution < -0.4 is 5.32 Å². The van der Waals surface area contributed by atoms with E-state index in [2.05, 4.69) is 20.4 Å². The molecular formula is C24H27ClN6O5S. The summed E-state index contributed by atoms with van der Waals surface area (Å²) in [4.78, 5) is 36.1. The number of nitrogens with zero attached hydrogens (tertiary/aromatic N) is 5. The number of halogens is 1. The number of rotatable bonds is 6. The van der Waals surface area contributed by atoms with E-state index in [1.54, 1.807) is 24.0 Å². The summed E-state index contributed by atoms with van der Waals surface area (Å²) < 4.78 is 31.0. The quantitative estimate of drug-likeness (QED) is 0.498. The van der Waals surface area contributed by atoms with E-state index in [4.69, 9.17) is 16.3 Å². The molecule has 1 aliphatic heterocycles. The van der Waals surface area contributed by atoms with Gasteiger partial charge in [0.1, 0.15) is 6.33 Å². The maximum Gasteiger partial charge on any atom is 0.255 e. The Hall–Kier alpha value is -3.35. The van der Waals surface area contributed by atoms with Crippen molar-refractivity contribution in [3.05, 3.63) is 64.8 Å². The number of carbonyl (C=O) groups excluding carboxylic acids is 2. The minimum absolute atomic E-state index is 0.0424. The lowest BCUT2D eigenvalue weighted by Gasteiger charge is -2.35. The van der Waals surface area contributed by atoms with Crippen molar-refractivity contribution in [1.82, 2.24) is 30.0 Å². The normalized spacial score (nSPS) is 18.9. The average Bonchev–Trinajstić information content (AvgIpc) is 3.32. The fourth-order valence-corrected chi connectivity index (χ4v) is 5.12. The van der Waals surface area contributed by atoms with E-state index in [9.17, 15) is 18.0 Å². The Morgan fingerprint density at radius 2 is 1.81 bits per heavy atom. The number of amides is 2. The van der Waals surface area contributed by atoms with Crippen molar-refractivity contribution in [1.29, 1.82) is 0 Å². The zero-order chi connectivity index (χ0) is 26.9. The van der Waals surface area contributed by atoms with Gasteiger partial charge in [0.05, 0.1) is 28.7 Å². The fraction of sp³-hybridized carbons (Fsp3) is 0.375. The second kappa shape index (κ2) is 10.6. The predicted octanol–water partition coefficient (Wildman–Crippen LogP) is 2.46. The summed E-state index contributed by atoms with van der Waals surface area (Å²) in [6, 6.07) is 6.65. The number of pyridine rings is 1. The topological polar surface area (TPSA) is 136 Å². The largest absolute Gasteiger partial charge is 0.372 e. The van der Waals surface area contributed by atoms with Gasteiger partial charge in [-0.25, -0.2) is 18.4 Å². The highest BCUT2D eigenvalue weighted by atomic mass is 35.5. The number of carbonyl (C=O) groups is 2. The molecule has 13 heteroatoms. The Labute approximate surface area is 219 Å². The third kappa shape index (κ3) is 6.14. The van der Waals surface area contributed by atoms with Gasteiger partial charge in [0, 0.05) is 36.1 Å². The number of benzene rings is 1. The van der Waals surface area contributed by atoms with Crippen LogP contribution in [0.3, 0.4) is 0 Å². The van der Waals surface area contributed by atoms with Gasteiger partial charge in [0.25, 0.3) is 11.8 Å². The molecule has 11 nitrogen and oxygen atoms in total. The van der Waals surface area contributed by atoms with Gasteiger partial charge in [-0.2, -0.15) is 9.78 Å². The predicted molar refractivity (Wildman–Crippen MR) is 136 cm³/mol. The molecular weight excluding hydrogens is 520 g/mol. The Balaban J connectivity index is 1.50. The van der Waals surface area contributed by atoms with Gasteiger partial charge in [-0.1, -0.05) is 11.6 Å². The first kappa shape index (κ1) is 26.7. The van der Waals surface area contributed by atoms with Crippen LogP contribution in [0.25, 0.3) is 5.82 Å². The molecule has 0 radical (unpaired) electrons. The lowest BCUT2D eigenvalue weighted by atomic mass is 10.2. The molecule has 0 spiro atoms. The maximum atomic E-state index is 12.9. The van der Waals surface area contributed by atoms with Crippen LogP contribution in [-0.4, -0.2) is 76.4 Å². The summed E-state index contributed by atoms with van der Waals surface area (Å²) in [6.07, 6.45) is 3.77. The van der Waals surface area contributed by atoms with Crippen molar-refractivity contribution in [2.75, 3.05) is 19.3 Å². The van der Waals surface area contributed by atoms with E-state index < -0.39 is 21.8 Å². The Morgan fingerprint density at radius 3 is 2.43 bits per heavy atom. The minimum atomic E-state index is -3.55. The molecule has 4 rings (SSSR count). The molecule has 37 heavy (non-hydrogen) atoms. The molecule has 0 saturated carbocycles. The lowest BCUT2D eigenvalue weighted by Crippen LogP contribution is -2.48. The lowest BCUT2D eigenvalue weighted by molar-refractivity contribution is -0.0586. The van der Waals surface area contributed by atoms with Gasteiger partial charge in [-0.3, -0.25) is 9.59 Å². The highest BCUT2D eigenvalue weighted by molar-refractivity contribution is 7.90. The van der Waals surface area contributed by atoms with Crippen molar-refractivity contribution in [2.24, 2.45) is 0 Å². The van der Waals surface area contributed by atoms with Crippen LogP contribution in [0.4, 0.5) is 0 Å². The minimum Gasteiger partial charge on any atom is -0.372 e. The first-order valence-electron chi connectivity index (χ1n) is 11.5. The number of aromatic nitrogens is 4. The van der Waals surface area contributed by atoms with E-state index in [1.165, 1.54) is 35.4 Å². The monoisotopic (exact) mass is 546 g/mol. The second-order valence-electron chi connectivity index (χ2n) is 9.05. The standard InChI is InChI=1S/C24H27ClN6O5S/c1-14-11-30(12-15(2)36-14)24(33)17-5-6-21(26-10-17)31-22(27-13-28-31)16(3)29-23(32)18-7-19(25)9-20(8-18)37(4,34)35/h5-10,13-16H,11-12H2,1-4H3,(H,29,32)/t14-,15-,16+/m1/s1. The van der Waals surface area contributed by atoms with Gasteiger partial charge in [-0.15, -0.1) is 0 Å². The third-order valence-corrected chi connectivity index (χ3v) is 7.10. The molecule has 1 fully saturated rings. The number of hydrogen-bond donors (Lipinski definition) is 1. The number of sulfone groups is 1. The fourth-order valence-electron chi connectivity index (χ4n) is 4.14. The molecule has 0 unspecified atom stereocenters. The van der Waals surface area contributed by atoms with Crippen molar-refractivity contribution in [2.45, 2.75) is 43.9 Å². The molecule has 0 bridgehead atoms. The van der Waals surface area contributed by atoms with E-state index in [0.29, 0.717) is 30.3 Å². The number of nitrogens with one attached hydrogen (secondary N) is 1. The van der Waals surface area contributed by atoms with Crippen LogP contribution in [-0.2, 0) is 14.6 Å². The average molecular weight is 547 g/mol. The first-order valence-corrected chi connectivity index (χ1v) is 13.8. The van der Waals surface area contributed by atoms with Gasteiger partial charge >= 0.3 is 0 Å². The van der Waals surface area contributed by atoms with E-state index in [1.807, 2.05) is 13.8 Å². The van der Waals surface area contributed by atoms with Crippen molar-refractivity contribution < 1.29 is 22.7 Å². The zero-order valence-corrected chi connectivity index (χ0v) is 22.3. The second-order valence-corrected chi connectivity index (χ2v) is 11.5. The highest BCUT2D eigenvalue weighted by Crippen LogP contribution is 2.21. The smallest absolute Gasteiger partial charge is 0.255 e. The molecule has 2 aromatic heterocycles. The summed E-state index contributed by atoms with van der Waals surface area (Å²) in [5.74, 6) is 0.143. The molecule has 3 atom stereocenters. The molecule has 0 aliphatic carbocycles. The summed E-state index contributed by atoms with van der Waals surface area (Å²) >= 11 is 6.03. The van der Waals surface area contributed by atoms with E-state index in [0.717, 1.165) is 6.26 Å². The van der Waals surface area contributed by atoms with Gasteiger partial charge in [-0.05, 0) is 51.1 Å². The molecule has 1 aliphatic rings. The van der Waals surface area contributed by atoms with Gasteiger partial charge in [0.15, 0.2) is 21.5 Å². The zero-order valence-electron chi connectivity index (χ0n) is 20.8. The number of ether oxygens (including phenoxy) is 1. The van der Waals surface area contributed by atoms with E-state index >= 15 is 0 Å². The maximum absolute atomic E-state index is 12.9. The van der Waals surface area contributed by atoms with Crippen LogP contribution in [0.15, 0.2) is 47.8 Å². The van der Waals surface area contributed by atoms with Crippen LogP contribution in [0, 0.1) is 0 Å². The Morgan fingerprint density at radius 1 is 1.11 bits per heavy atom. The van der Waals surface area contributed by atoms with Crippen LogP contribution >= 0.6 is 11.6 Å². The summed E-state index contributed by atoms with van der Waals surface area (Å²) in [6.45, 7) is 6.58. The molecule has 3 heterocycles. The summed E-state index contributed by atoms with van der Waals surface area (Å²) in [5, 5.41) is 7.12. The van der Waals surface area contributed by atoms with Crippen LogP contribution in [0.1, 0.15) is 53.4 Å². The number of hydrogen-bond acceptors (Lipinski definition) is 8. The van der Waals surface area contributed by atoms with Crippen molar-refractivity contribution in [3.63, 3.8) is 0 Å². The van der Waals surface area contributed by atoms with Gasteiger partial charge in [0.2, 0.25) is 0 Å². The molecule has 1 saturated heterocycles. The Kier molecular flexibility index (Phi) is 7.62. The van der Waals surface area contributed by atoms with E-state index in [-0.39, 0.29) is 33.6 Å². The van der Waals surface area contributed by atoms with Gasteiger partial charge < -0.3 is 15.0 Å². The number of morpholine rings is 1. The summed E-state index contributed by atoms with van der Waals surface area (Å²) in [5.41, 5.74) is 0.536. The molecule has 196 valence electrons. The molecule has 1 aromatic carbocycles.